The standard InChI is InChI=1S/C12H16N2O2/c13-12(9-3-1-2-4-9)10-5-7-11(8-6-10)14(15)16/h5-9,12H,1-4,13H2/t12-/m1/s1. The minimum atomic E-state index is -0.384. The van der Waals surface area contributed by atoms with E-state index in [-0.39, 0.29) is 16.7 Å². The predicted molar refractivity (Wildman–Crippen MR) is 62.0 cm³/mol. The van der Waals surface area contributed by atoms with Gasteiger partial charge in [-0.15, -0.1) is 0 Å². The maximum Gasteiger partial charge on any atom is 0.269 e. The third-order valence-electron chi connectivity index (χ3n) is 3.40. The molecular weight excluding hydrogens is 204 g/mol. The zero-order chi connectivity index (χ0) is 11.5. The summed E-state index contributed by atoms with van der Waals surface area (Å²) in [5.74, 6) is 0.543. The Morgan fingerprint density at radius 2 is 1.81 bits per heavy atom. The van der Waals surface area contributed by atoms with Gasteiger partial charge in [0.25, 0.3) is 5.69 Å². The lowest BCUT2D eigenvalue weighted by molar-refractivity contribution is -0.384. The Morgan fingerprint density at radius 1 is 1.25 bits per heavy atom. The minimum Gasteiger partial charge on any atom is -0.324 e. The Hall–Kier alpha value is -1.42. The molecule has 4 heteroatoms. The van der Waals surface area contributed by atoms with Crippen LogP contribution in [0.1, 0.15) is 37.3 Å². The Bertz CT molecular complexity index is 369. The molecule has 4 nitrogen and oxygen atoms in total. The first-order chi connectivity index (χ1) is 7.68. The molecule has 2 N–H and O–H groups in total. The van der Waals surface area contributed by atoms with Gasteiger partial charge in [-0.2, -0.15) is 0 Å². The second-order valence-electron chi connectivity index (χ2n) is 4.42. The van der Waals surface area contributed by atoms with Gasteiger partial charge in [-0.3, -0.25) is 10.1 Å². The molecule has 0 bridgehead atoms. The van der Waals surface area contributed by atoms with Crippen molar-refractivity contribution in [3.8, 4) is 0 Å². The Balaban J connectivity index is 2.11. The number of nitrogens with two attached hydrogens (primary N) is 1. The molecular formula is C12H16N2O2. The average Bonchev–Trinajstić information content (AvgIpc) is 2.81. The number of hydrogen-bond donors (Lipinski definition) is 1. The highest BCUT2D eigenvalue weighted by Crippen LogP contribution is 2.34. The van der Waals surface area contributed by atoms with Gasteiger partial charge in [0.1, 0.15) is 0 Å². The first-order valence-electron chi connectivity index (χ1n) is 5.68. The van der Waals surface area contributed by atoms with E-state index in [1.54, 1.807) is 12.1 Å². The molecule has 0 amide bonds. The molecule has 0 unspecified atom stereocenters. The van der Waals surface area contributed by atoms with Crippen LogP contribution in [0.4, 0.5) is 5.69 Å². The van der Waals surface area contributed by atoms with Crippen molar-refractivity contribution in [2.24, 2.45) is 11.7 Å². The van der Waals surface area contributed by atoms with Crippen molar-refractivity contribution in [2.45, 2.75) is 31.7 Å². The van der Waals surface area contributed by atoms with Crippen LogP contribution in [0.3, 0.4) is 0 Å². The third kappa shape index (κ3) is 2.22. The van der Waals surface area contributed by atoms with E-state index in [0.29, 0.717) is 5.92 Å². The van der Waals surface area contributed by atoms with E-state index in [1.807, 2.05) is 0 Å². The predicted octanol–water partition coefficient (Wildman–Crippen LogP) is 2.78. The molecule has 1 aliphatic rings. The molecule has 0 aliphatic heterocycles. The second-order valence-corrected chi connectivity index (χ2v) is 4.42. The van der Waals surface area contributed by atoms with Gasteiger partial charge in [-0.05, 0) is 24.3 Å². The average molecular weight is 220 g/mol. The summed E-state index contributed by atoms with van der Waals surface area (Å²) in [6.07, 6.45) is 4.87. The van der Waals surface area contributed by atoms with Gasteiger partial charge in [0, 0.05) is 18.2 Å². The van der Waals surface area contributed by atoms with E-state index in [2.05, 4.69) is 0 Å². The van der Waals surface area contributed by atoms with Gasteiger partial charge in [0.05, 0.1) is 4.92 Å². The molecule has 1 saturated carbocycles. The van der Waals surface area contributed by atoms with Crippen LogP contribution in [-0.2, 0) is 0 Å². The fraction of sp³-hybridized carbons (Fsp3) is 0.500. The first kappa shape index (κ1) is 11.1. The summed E-state index contributed by atoms with van der Waals surface area (Å²) in [6.45, 7) is 0. The largest absolute Gasteiger partial charge is 0.324 e. The van der Waals surface area contributed by atoms with Crippen LogP contribution < -0.4 is 5.73 Å². The molecule has 2 rings (SSSR count). The number of hydrogen-bond acceptors (Lipinski definition) is 3. The second kappa shape index (κ2) is 4.61. The summed E-state index contributed by atoms with van der Waals surface area (Å²) in [5.41, 5.74) is 7.30. The molecule has 1 aromatic rings. The molecule has 0 radical (unpaired) electrons. The Kier molecular flexibility index (Phi) is 3.19. The van der Waals surface area contributed by atoms with E-state index < -0.39 is 0 Å². The summed E-state index contributed by atoms with van der Waals surface area (Å²) in [4.78, 5) is 10.1. The number of benzene rings is 1. The molecule has 1 aromatic carbocycles. The number of nitrogens with zero attached hydrogens (tertiary/aromatic N) is 1. The molecule has 0 saturated heterocycles. The number of nitro benzene ring substituents is 1. The lowest BCUT2D eigenvalue weighted by Gasteiger charge is -2.18. The highest BCUT2D eigenvalue weighted by atomic mass is 16.6. The summed E-state index contributed by atoms with van der Waals surface area (Å²) in [6, 6.07) is 6.65. The number of rotatable bonds is 3. The monoisotopic (exact) mass is 220 g/mol. The van der Waals surface area contributed by atoms with Crippen molar-refractivity contribution >= 4 is 5.69 Å². The zero-order valence-corrected chi connectivity index (χ0v) is 9.13. The van der Waals surface area contributed by atoms with Crippen molar-refractivity contribution < 1.29 is 4.92 Å². The van der Waals surface area contributed by atoms with Gasteiger partial charge in [-0.1, -0.05) is 25.0 Å². The van der Waals surface area contributed by atoms with Crippen LogP contribution in [-0.4, -0.2) is 4.92 Å². The molecule has 86 valence electrons. The van der Waals surface area contributed by atoms with Crippen molar-refractivity contribution in [3.63, 3.8) is 0 Å². The van der Waals surface area contributed by atoms with Gasteiger partial charge in [-0.25, -0.2) is 0 Å². The van der Waals surface area contributed by atoms with Crippen LogP contribution in [0.5, 0.6) is 0 Å². The van der Waals surface area contributed by atoms with Crippen LogP contribution in [0.2, 0.25) is 0 Å². The van der Waals surface area contributed by atoms with Gasteiger partial charge >= 0.3 is 0 Å². The third-order valence-corrected chi connectivity index (χ3v) is 3.40. The van der Waals surface area contributed by atoms with Gasteiger partial charge < -0.3 is 5.73 Å². The van der Waals surface area contributed by atoms with Crippen LogP contribution >= 0.6 is 0 Å². The fourth-order valence-corrected chi connectivity index (χ4v) is 2.41. The quantitative estimate of drug-likeness (QED) is 0.629. The fourth-order valence-electron chi connectivity index (χ4n) is 2.41. The first-order valence-corrected chi connectivity index (χ1v) is 5.68. The highest BCUT2D eigenvalue weighted by molar-refractivity contribution is 5.34. The van der Waals surface area contributed by atoms with Gasteiger partial charge in [0.2, 0.25) is 0 Å². The Labute approximate surface area is 94.6 Å². The number of non-ortho nitro benzene ring substituents is 1. The lowest BCUT2D eigenvalue weighted by atomic mass is 9.92. The molecule has 1 fully saturated rings. The molecule has 0 spiro atoms. The van der Waals surface area contributed by atoms with Crippen molar-refractivity contribution in [2.75, 3.05) is 0 Å². The van der Waals surface area contributed by atoms with E-state index in [9.17, 15) is 10.1 Å². The van der Waals surface area contributed by atoms with E-state index >= 15 is 0 Å². The normalized spacial score (nSPS) is 18.6. The molecule has 0 heterocycles. The van der Waals surface area contributed by atoms with Gasteiger partial charge in [0.15, 0.2) is 0 Å². The lowest BCUT2D eigenvalue weighted by Crippen LogP contribution is -2.18. The molecule has 0 aromatic heterocycles. The van der Waals surface area contributed by atoms with E-state index in [4.69, 9.17) is 5.73 Å². The zero-order valence-electron chi connectivity index (χ0n) is 9.13. The maximum absolute atomic E-state index is 10.5. The summed E-state index contributed by atoms with van der Waals surface area (Å²) >= 11 is 0. The van der Waals surface area contributed by atoms with Crippen LogP contribution in [0.25, 0.3) is 0 Å². The molecule has 1 aliphatic carbocycles. The van der Waals surface area contributed by atoms with E-state index in [1.165, 1.54) is 37.8 Å². The van der Waals surface area contributed by atoms with Crippen molar-refractivity contribution in [1.29, 1.82) is 0 Å². The van der Waals surface area contributed by atoms with Crippen molar-refractivity contribution in [1.82, 2.24) is 0 Å². The topological polar surface area (TPSA) is 69.2 Å². The Morgan fingerprint density at radius 3 is 2.31 bits per heavy atom. The molecule has 1 atom stereocenters. The summed E-state index contributed by atoms with van der Waals surface area (Å²) in [5, 5.41) is 10.5. The smallest absolute Gasteiger partial charge is 0.269 e. The SMILES string of the molecule is N[C@@H](c1ccc([N+](=O)[O-])cc1)C1CCCC1. The van der Waals surface area contributed by atoms with Crippen molar-refractivity contribution in [3.05, 3.63) is 39.9 Å². The molecule has 16 heavy (non-hydrogen) atoms. The number of nitro groups is 1. The van der Waals surface area contributed by atoms with Crippen LogP contribution in [0.15, 0.2) is 24.3 Å². The summed E-state index contributed by atoms with van der Waals surface area (Å²) in [7, 11) is 0. The van der Waals surface area contributed by atoms with Crippen LogP contribution in [0, 0.1) is 16.0 Å². The maximum atomic E-state index is 10.5. The highest BCUT2D eigenvalue weighted by Gasteiger charge is 2.23. The summed E-state index contributed by atoms with van der Waals surface area (Å²) < 4.78 is 0. The van der Waals surface area contributed by atoms with E-state index in [0.717, 1.165) is 5.56 Å². The minimum absolute atomic E-state index is 0.0308.